The average Bonchev–Trinajstić information content (AvgIpc) is 2.10. The number of hydrogen-bond donors (Lipinski definition) is 1. The SMILES string of the molecule is N=NCCOCCOCC[O][Tl]. The Bertz CT molecular complexity index is 105. The first-order chi connectivity index (χ1) is 5.91. The molecule has 1 N–H and O–H groups in total. The van der Waals surface area contributed by atoms with E-state index in [1.54, 1.807) is 0 Å². The fourth-order valence-electron chi connectivity index (χ4n) is 0.539. The van der Waals surface area contributed by atoms with E-state index in [9.17, 15) is 0 Å². The molecular formula is C6H13N2O3Tl. The molecule has 68 valence electrons. The van der Waals surface area contributed by atoms with Crippen molar-refractivity contribution in [2.75, 3.05) is 39.6 Å². The molecule has 0 amide bonds. The van der Waals surface area contributed by atoms with Crippen molar-refractivity contribution in [2.24, 2.45) is 5.11 Å². The molecule has 12 heavy (non-hydrogen) atoms. The topological polar surface area (TPSA) is 63.9 Å². The van der Waals surface area contributed by atoms with Crippen LogP contribution in [-0.2, 0) is 12.2 Å². The van der Waals surface area contributed by atoms with E-state index in [1.165, 1.54) is 0 Å². The summed E-state index contributed by atoms with van der Waals surface area (Å²) in [6.45, 7) is 3.43. The molecule has 0 spiro atoms. The Hall–Kier alpha value is 0.402. The summed E-state index contributed by atoms with van der Waals surface area (Å²) < 4.78 is 15.2. The van der Waals surface area contributed by atoms with E-state index >= 15 is 0 Å². The van der Waals surface area contributed by atoms with E-state index in [1.807, 2.05) is 0 Å². The third-order valence-electron chi connectivity index (χ3n) is 1.06. The van der Waals surface area contributed by atoms with Crippen LogP contribution >= 0.6 is 0 Å². The summed E-state index contributed by atoms with van der Waals surface area (Å²) >= 11 is 0.591. The first-order valence-corrected chi connectivity index (χ1v) is 5.55. The predicted octanol–water partition coefficient (Wildman–Crippen LogP) is 0.151. The Kier molecular flexibility index (Phi) is 11.8. The van der Waals surface area contributed by atoms with Gasteiger partial charge < -0.3 is 0 Å². The molecule has 0 saturated carbocycles. The summed E-state index contributed by atoms with van der Waals surface area (Å²) in [6.07, 6.45) is 0. The van der Waals surface area contributed by atoms with Gasteiger partial charge in [-0.2, -0.15) is 0 Å². The van der Waals surface area contributed by atoms with Crippen LogP contribution in [0.5, 0.6) is 0 Å². The fourth-order valence-corrected chi connectivity index (χ4v) is 0.913. The quantitative estimate of drug-likeness (QED) is 0.359. The summed E-state index contributed by atoms with van der Waals surface area (Å²) in [4.78, 5) is 0. The van der Waals surface area contributed by atoms with Crippen LogP contribution in [0.2, 0.25) is 0 Å². The maximum absolute atomic E-state index is 6.48. The third-order valence-corrected chi connectivity index (χ3v) is 1.98. The van der Waals surface area contributed by atoms with Crippen LogP contribution < -0.4 is 0 Å². The van der Waals surface area contributed by atoms with Crippen molar-refractivity contribution in [1.82, 2.24) is 0 Å². The molecule has 0 aromatic carbocycles. The molecule has 0 saturated heterocycles. The van der Waals surface area contributed by atoms with Crippen molar-refractivity contribution in [1.29, 1.82) is 5.53 Å². The minimum atomic E-state index is 0.435. The molecule has 0 unspecified atom stereocenters. The second-order valence-corrected chi connectivity index (χ2v) is 3.27. The van der Waals surface area contributed by atoms with Crippen LogP contribution in [-0.4, -0.2) is 65.8 Å². The fraction of sp³-hybridized carbons (Fsp3) is 1.00. The molecule has 0 aliphatic rings. The van der Waals surface area contributed by atoms with Gasteiger partial charge in [0.1, 0.15) is 0 Å². The Morgan fingerprint density at radius 1 is 1.00 bits per heavy atom. The monoisotopic (exact) mass is 366 g/mol. The van der Waals surface area contributed by atoms with E-state index in [4.69, 9.17) is 17.7 Å². The van der Waals surface area contributed by atoms with Gasteiger partial charge in [0.25, 0.3) is 0 Å². The number of ether oxygens (including phenoxy) is 2. The van der Waals surface area contributed by atoms with Gasteiger partial charge in [0, 0.05) is 0 Å². The zero-order valence-electron chi connectivity index (χ0n) is 6.99. The Balaban J connectivity index is 2.77. The first kappa shape index (κ1) is 12.4. The van der Waals surface area contributed by atoms with Crippen molar-refractivity contribution in [3.63, 3.8) is 0 Å². The summed E-state index contributed by atoms with van der Waals surface area (Å²) in [7, 11) is 0. The Labute approximate surface area is 88.6 Å². The number of nitrogens with one attached hydrogen (secondary N) is 1. The average molecular weight is 366 g/mol. The van der Waals surface area contributed by atoms with Crippen molar-refractivity contribution in [3.8, 4) is 0 Å². The van der Waals surface area contributed by atoms with Gasteiger partial charge in [-0.3, -0.25) is 0 Å². The van der Waals surface area contributed by atoms with Crippen LogP contribution in [0.15, 0.2) is 5.11 Å². The molecule has 0 aliphatic carbocycles. The van der Waals surface area contributed by atoms with E-state index in [0.29, 0.717) is 65.8 Å². The van der Waals surface area contributed by atoms with Crippen LogP contribution in [0.1, 0.15) is 0 Å². The summed E-state index contributed by atoms with van der Waals surface area (Å²) in [5, 5.41) is 3.15. The summed E-state index contributed by atoms with van der Waals surface area (Å²) in [5.74, 6) is 0. The van der Waals surface area contributed by atoms with E-state index in [2.05, 4.69) is 5.11 Å². The molecule has 0 heterocycles. The van der Waals surface area contributed by atoms with Crippen LogP contribution in [0.4, 0.5) is 0 Å². The van der Waals surface area contributed by atoms with Crippen LogP contribution in [0.25, 0.3) is 0 Å². The van der Waals surface area contributed by atoms with Crippen molar-refractivity contribution in [3.05, 3.63) is 0 Å². The minimum absolute atomic E-state index is 0.435. The molecule has 0 aliphatic heterocycles. The van der Waals surface area contributed by atoms with Crippen molar-refractivity contribution < 1.29 is 12.2 Å². The molecule has 0 atom stereocenters. The van der Waals surface area contributed by atoms with Gasteiger partial charge in [0.2, 0.25) is 0 Å². The molecule has 5 nitrogen and oxygen atoms in total. The second-order valence-electron chi connectivity index (χ2n) is 1.98. The number of hydrogen-bond acceptors (Lipinski definition) is 5. The van der Waals surface area contributed by atoms with Gasteiger partial charge in [-0.1, -0.05) is 0 Å². The van der Waals surface area contributed by atoms with Gasteiger partial charge in [-0.25, -0.2) is 0 Å². The number of nitrogens with zero attached hydrogens (tertiary/aromatic N) is 1. The normalized spacial score (nSPS) is 9.92. The van der Waals surface area contributed by atoms with Gasteiger partial charge in [-0.15, -0.1) is 0 Å². The summed E-state index contributed by atoms with van der Waals surface area (Å²) in [5.41, 5.74) is 6.48. The Morgan fingerprint density at radius 2 is 1.58 bits per heavy atom. The van der Waals surface area contributed by atoms with E-state index in [-0.39, 0.29) is 0 Å². The molecule has 6 heteroatoms. The predicted molar refractivity (Wildman–Crippen MR) is 43.4 cm³/mol. The van der Waals surface area contributed by atoms with Gasteiger partial charge >= 0.3 is 88.6 Å². The third kappa shape index (κ3) is 10.4. The van der Waals surface area contributed by atoms with Gasteiger partial charge in [0.05, 0.1) is 0 Å². The van der Waals surface area contributed by atoms with Crippen molar-refractivity contribution in [2.45, 2.75) is 0 Å². The van der Waals surface area contributed by atoms with Crippen LogP contribution in [0.3, 0.4) is 0 Å². The number of rotatable bonds is 9. The standard InChI is InChI=1S/C6H13N2O3.Tl/c7-8-1-3-10-5-6-11-4-2-9;/h7H,1-6H2;/q-1;+1. The maximum atomic E-state index is 6.48. The van der Waals surface area contributed by atoms with E-state index < -0.39 is 0 Å². The zero-order valence-corrected chi connectivity index (χ0v) is 11.5. The molecular weight excluding hydrogens is 352 g/mol. The Morgan fingerprint density at radius 3 is 2.17 bits per heavy atom. The zero-order chi connectivity index (χ0) is 9.07. The van der Waals surface area contributed by atoms with Crippen LogP contribution in [0, 0.1) is 5.53 Å². The second kappa shape index (κ2) is 11.4. The molecule has 0 fully saturated rings. The molecule has 0 rings (SSSR count). The van der Waals surface area contributed by atoms with Gasteiger partial charge in [0.15, 0.2) is 0 Å². The van der Waals surface area contributed by atoms with Gasteiger partial charge in [-0.05, 0) is 0 Å². The summed E-state index contributed by atoms with van der Waals surface area (Å²) in [6, 6.07) is 0. The van der Waals surface area contributed by atoms with E-state index in [0.717, 1.165) is 0 Å². The molecule has 0 bridgehead atoms. The molecule has 0 radical (unpaired) electrons. The molecule has 0 aromatic rings. The molecule has 0 aromatic heterocycles. The first-order valence-electron chi connectivity index (χ1n) is 3.72. The van der Waals surface area contributed by atoms with Crippen molar-refractivity contribution >= 4 is 26.2 Å².